The minimum absolute atomic E-state index is 0.539. The highest BCUT2D eigenvalue weighted by Gasteiger charge is 2.45. The Kier molecular flexibility index (Phi) is 3.58. The lowest BCUT2D eigenvalue weighted by atomic mass is 10.0. The Balaban J connectivity index is 1.75. The maximum atomic E-state index is 3.73. The van der Waals surface area contributed by atoms with E-state index in [1.807, 2.05) is 0 Å². The minimum atomic E-state index is 0.539. The van der Waals surface area contributed by atoms with Gasteiger partial charge in [0.15, 0.2) is 0 Å². The third kappa shape index (κ3) is 3.57. The normalized spacial score (nSPS) is 23.4. The molecule has 1 aliphatic rings. The lowest BCUT2D eigenvalue weighted by Gasteiger charge is -2.15. The first-order valence-corrected chi connectivity index (χ1v) is 6.79. The van der Waals surface area contributed by atoms with Gasteiger partial charge in [0, 0.05) is 12.1 Å². The molecule has 2 atom stereocenters. The first-order chi connectivity index (χ1) is 7.97. The van der Waals surface area contributed by atoms with Gasteiger partial charge in [-0.3, -0.25) is 0 Å². The molecule has 94 valence electrons. The van der Waals surface area contributed by atoms with Gasteiger partial charge in [0.2, 0.25) is 0 Å². The van der Waals surface area contributed by atoms with Crippen LogP contribution in [0.1, 0.15) is 44.7 Å². The lowest BCUT2D eigenvalue weighted by molar-refractivity contribution is 0.461. The van der Waals surface area contributed by atoms with Crippen molar-refractivity contribution in [3.05, 3.63) is 35.4 Å². The minimum Gasteiger partial charge on any atom is -0.311 e. The van der Waals surface area contributed by atoms with Crippen LogP contribution < -0.4 is 5.32 Å². The molecule has 0 aliphatic heterocycles. The summed E-state index contributed by atoms with van der Waals surface area (Å²) in [7, 11) is 0. The highest BCUT2D eigenvalue weighted by molar-refractivity contribution is 5.22. The van der Waals surface area contributed by atoms with E-state index < -0.39 is 0 Å². The molecule has 1 nitrogen and oxygen atoms in total. The van der Waals surface area contributed by atoms with Crippen LogP contribution in [-0.2, 0) is 6.42 Å². The average Bonchev–Trinajstić information content (AvgIpc) is 2.83. The smallest absolute Gasteiger partial charge is 0.0127 e. The van der Waals surface area contributed by atoms with Gasteiger partial charge in [0.25, 0.3) is 0 Å². The molecule has 0 saturated heterocycles. The Bertz CT molecular complexity index is 381. The summed E-state index contributed by atoms with van der Waals surface area (Å²) in [6.07, 6.45) is 3.75. The fourth-order valence-corrected chi connectivity index (χ4v) is 2.43. The SMILES string of the molecule is Cc1cccc(CCC(C)NC2CC2(C)C)c1. The fourth-order valence-electron chi connectivity index (χ4n) is 2.43. The zero-order chi connectivity index (χ0) is 12.5. The molecule has 2 rings (SSSR count). The second-order valence-corrected chi connectivity index (χ2v) is 6.34. The molecular weight excluding hydrogens is 206 g/mol. The third-order valence-corrected chi connectivity index (χ3v) is 3.95. The zero-order valence-electron chi connectivity index (χ0n) is 11.6. The van der Waals surface area contributed by atoms with Crippen molar-refractivity contribution < 1.29 is 0 Å². The van der Waals surface area contributed by atoms with Crippen molar-refractivity contribution in [2.45, 2.75) is 59.0 Å². The average molecular weight is 231 g/mol. The molecule has 1 aromatic rings. The highest BCUT2D eigenvalue weighted by atomic mass is 15.0. The monoisotopic (exact) mass is 231 g/mol. The number of hydrogen-bond donors (Lipinski definition) is 1. The maximum absolute atomic E-state index is 3.73. The zero-order valence-corrected chi connectivity index (χ0v) is 11.6. The van der Waals surface area contributed by atoms with Crippen LogP contribution in [0.2, 0.25) is 0 Å². The van der Waals surface area contributed by atoms with Crippen LogP contribution >= 0.6 is 0 Å². The van der Waals surface area contributed by atoms with Gasteiger partial charge in [-0.15, -0.1) is 0 Å². The first kappa shape index (κ1) is 12.6. The molecule has 0 radical (unpaired) electrons. The molecular formula is C16H25N. The van der Waals surface area contributed by atoms with Gasteiger partial charge < -0.3 is 5.32 Å². The Hall–Kier alpha value is -0.820. The van der Waals surface area contributed by atoms with Gasteiger partial charge in [0.05, 0.1) is 0 Å². The molecule has 0 aromatic heterocycles. The van der Waals surface area contributed by atoms with Crippen molar-refractivity contribution in [3.8, 4) is 0 Å². The Morgan fingerprint density at radius 3 is 2.71 bits per heavy atom. The van der Waals surface area contributed by atoms with Gasteiger partial charge in [-0.25, -0.2) is 0 Å². The highest BCUT2D eigenvalue weighted by Crippen LogP contribution is 2.44. The van der Waals surface area contributed by atoms with Crippen molar-refractivity contribution in [2.24, 2.45) is 5.41 Å². The largest absolute Gasteiger partial charge is 0.311 e. The van der Waals surface area contributed by atoms with Crippen molar-refractivity contribution >= 4 is 0 Å². The predicted molar refractivity (Wildman–Crippen MR) is 74.3 cm³/mol. The summed E-state index contributed by atoms with van der Waals surface area (Å²) >= 11 is 0. The Labute approximate surface area is 106 Å². The number of benzene rings is 1. The summed E-state index contributed by atoms with van der Waals surface area (Å²) in [6, 6.07) is 10.2. The number of rotatable bonds is 5. The van der Waals surface area contributed by atoms with E-state index in [0.717, 1.165) is 6.04 Å². The molecule has 1 aromatic carbocycles. The second kappa shape index (κ2) is 4.81. The maximum Gasteiger partial charge on any atom is 0.0127 e. The van der Waals surface area contributed by atoms with E-state index in [-0.39, 0.29) is 0 Å². The summed E-state index contributed by atoms with van der Waals surface area (Å²) < 4.78 is 0. The van der Waals surface area contributed by atoms with Crippen molar-refractivity contribution in [3.63, 3.8) is 0 Å². The van der Waals surface area contributed by atoms with Gasteiger partial charge in [0.1, 0.15) is 0 Å². The van der Waals surface area contributed by atoms with Crippen LogP contribution in [0.25, 0.3) is 0 Å². The van der Waals surface area contributed by atoms with Crippen molar-refractivity contribution in [2.75, 3.05) is 0 Å². The summed E-state index contributed by atoms with van der Waals surface area (Å²) in [6.45, 7) is 9.16. The number of aryl methyl sites for hydroxylation is 2. The van der Waals surface area contributed by atoms with Gasteiger partial charge in [-0.05, 0) is 44.1 Å². The van der Waals surface area contributed by atoms with Crippen LogP contribution in [0.5, 0.6) is 0 Å². The van der Waals surface area contributed by atoms with E-state index >= 15 is 0 Å². The molecule has 1 heteroatoms. The van der Waals surface area contributed by atoms with Gasteiger partial charge in [-0.2, -0.15) is 0 Å². The molecule has 1 fully saturated rings. The van der Waals surface area contributed by atoms with Crippen molar-refractivity contribution in [1.29, 1.82) is 0 Å². The van der Waals surface area contributed by atoms with E-state index in [4.69, 9.17) is 0 Å². The summed E-state index contributed by atoms with van der Waals surface area (Å²) in [5.41, 5.74) is 3.37. The molecule has 1 aliphatic carbocycles. The molecule has 1 saturated carbocycles. The van der Waals surface area contributed by atoms with Crippen LogP contribution in [0.4, 0.5) is 0 Å². The quantitative estimate of drug-likeness (QED) is 0.814. The van der Waals surface area contributed by atoms with Crippen LogP contribution in [0.3, 0.4) is 0 Å². The molecule has 0 bridgehead atoms. The van der Waals surface area contributed by atoms with Gasteiger partial charge >= 0.3 is 0 Å². The molecule has 0 heterocycles. The second-order valence-electron chi connectivity index (χ2n) is 6.34. The molecule has 0 amide bonds. The number of hydrogen-bond acceptors (Lipinski definition) is 1. The summed E-state index contributed by atoms with van der Waals surface area (Å²) in [5.74, 6) is 0. The molecule has 17 heavy (non-hydrogen) atoms. The topological polar surface area (TPSA) is 12.0 Å². The number of nitrogens with one attached hydrogen (secondary N) is 1. The summed E-state index contributed by atoms with van der Waals surface area (Å²) in [5, 5.41) is 3.73. The van der Waals surface area contributed by atoms with Crippen molar-refractivity contribution in [1.82, 2.24) is 5.32 Å². The van der Waals surface area contributed by atoms with E-state index in [1.165, 1.54) is 30.4 Å². The Morgan fingerprint density at radius 1 is 1.41 bits per heavy atom. The fraction of sp³-hybridized carbons (Fsp3) is 0.625. The van der Waals surface area contributed by atoms with E-state index in [1.54, 1.807) is 0 Å². The lowest BCUT2D eigenvalue weighted by Crippen LogP contribution is -2.30. The molecule has 2 unspecified atom stereocenters. The van der Waals surface area contributed by atoms with E-state index in [2.05, 4.69) is 57.3 Å². The first-order valence-electron chi connectivity index (χ1n) is 6.79. The Morgan fingerprint density at radius 2 is 2.12 bits per heavy atom. The van der Waals surface area contributed by atoms with Gasteiger partial charge in [-0.1, -0.05) is 43.7 Å². The molecule has 1 N–H and O–H groups in total. The standard InChI is InChI=1S/C16H25N/c1-12-6-5-7-14(10-12)9-8-13(2)17-15-11-16(15,3)4/h5-7,10,13,15,17H,8-9,11H2,1-4H3. The third-order valence-electron chi connectivity index (χ3n) is 3.95. The molecule has 0 spiro atoms. The van der Waals surface area contributed by atoms with Crippen LogP contribution in [-0.4, -0.2) is 12.1 Å². The predicted octanol–water partition coefficient (Wildman–Crippen LogP) is 3.70. The van der Waals surface area contributed by atoms with Crippen LogP contribution in [0, 0.1) is 12.3 Å². The van der Waals surface area contributed by atoms with E-state index in [0.29, 0.717) is 11.5 Å². The van der Waals surface area contributed by atoms with Crippen LogP contribution in [0.15, 0.2) is 24.3 Å². The summed E-state index contributed by atoms with van der Waals surface area (Å²) in [4.78, 5) is 0. The van der Waals surface area contributed by atoms with E-state index in [9.17, 15) is 0 Å².